The van der Waals surface area contributed by atoms with Gasteiger partial charge < -0.3 is 9.94 Å². The van der Waals surface area contributed by atoms with Crippen LogP contribution in [0.5, 0.6) is 0 Å². The van der Waals surface area contributed by atoms with E-state index >= 15 is 0 Å². The molecule has 0 radical (unpaired) electrons. The zero-order valence-corrected chi connectivity index (χ0v) is 10.2. The van der Waals surface area contributed by atoms with Crippen molar-refractivity contribution in [2.45, 2.75) is 42.3 Å². The molecule has 1 unspecified atom stereocenters. The number of hydrogen-bond donors (Lipinski definition) is 1. The standard InChI is InChI=1S/C8H6ClF8NO2/c1-3-2-4(19,20-18-3)5(10,11)6(12,13)7(14,15)8(9,16)17/h19H,2H2,1H3. The monoisotopic (exact) mass is 335 g/mol. The molecule has 0 aromatic carbocycles. The van der Waals surface area contributed by atoms with E-state index in [4.69, 9.17) is 5.11 Å². The van der Waals surface area contributed by atoms with E-state index in [2.05, 4.69) is 21.6 Å². The third-order valence-electron chi connectivity index (χ3n) is 2.48. The zero-order chi connectivity index (χ0) is 16.2. The predicted molar refractivity (Wildman–Crippen MR) is 49.4 cm³/mol. The van der Waals surface area contributed by atoms with Crippen LogP contribution in [0.15, 0.2) is 5.16 Å². The molecule has 0 amide bonds. The molecule has 0 aromatic heterocycles. The lowest BCUT2D eigenvalue weighted by Gasteiger charge is -2.39. The molecular weight excluding hydrogens is 330 g/mol. The van der Waals surface area contributed by atoms with Gasteiger partial charge in [-0.1, -0.05) is 5.16 Å². The summed E-state index contributed by atoms with van der Waals surface area (Å²) >= 11 is 3.75. The van der Waals surface area contributed by atoms with E-state index in [0.29, 0.717) is 0 Å². The molecule has 0 aromatic rings. The van der Waals surface area contributed by atoms with Crippen LogP contribution in [0.2, 0.25) is 0 Å². The van der Waals surface area contributed by atoms with E-state index in [-0.39, 0.29) is 0 Å². The van der Waals surface area contributed by atoms with E-state index in [0.717, 1.165) is 6.92 Å². The number of aliphatic hydroxyl groups is 1. The van der Waals surface area contributed by atoms with Gasteiger partial charge in [0, 0.05) is 0 Å². The lowest BCUT2D eigenvalue weighted by molar-refractivity contribution is -0.419. The maximum absolute atomic E-state index is 13.4. The van der Waals surface area contributed by atoms with E-state index in [1.165, 1.54) is 0 Å². The van der Waals surface area contributed by atoms with Crippen molar-refractivity contribution >= 4 is 17.3 Å². The minimum absolute atomic E-state index is 0.427. The third-order valence-corrected chi connectivity index (χ3v) is 2.72. The lowest BCUT2D eigenvalue weighted by Crippen LogP contribution is -2.68. The Kier molecular flexibility index (Phi) is 3.72. The first-order valence-corrected chi connectivity index (χ1v) is 5.12. The maximum Gasteiger partial charge on any atom is 0.393 e. The van der Waals surface area contributed by atoms with E-state index in [1.807, 2.05) is 0 Å². The summed E-state index contributed by atoms with van der Waals surface area (Å²) in [6, 6.07) is 0. The molecule has 1 aliphatic rings. The number of rotatable bonds is 4. The first-order chi connectivity index (χ1) is 8.60. The Morgan fingerprint density at radius 3 is 1.85 bits per heavy atom. The molecule has 0 saturated heterocycles. The molecule has 1 rings (SSSR count). The summed E-state index contributed by atoms with van der Waals surface area (Å²) in [6.07, 6.45) is -1.38. The number of nitrogens with zero attached hydrogens (tertiary/aromatic N) is 1. The highest BCUT2D eigenvalue weighted by molar-refractivity contribution is 6.22. The molecule has 0 bridgehead atoms. The van der Waals surface area contributed by atoms with Crippen molar-refractivity contribution in [3.05, 3.63) is 0 Å². The van der Waals surface area contributed by atoms with Crippen LogP contribution < -0.4 is 0 Å². The van der Waals surface area contributed by atoms with Crippen LogP contribution in [0, 0.1) is 0 Å². The fraction of sp³-hybridized carbons (Fsp3) is 0.875. The highest BCUT2D eigenvalue weighted by atomic mass is 35.5. The fourth-order valence-corrected chi connectivity index (χ4v) is 1.47. The SMILES string of the molecule is CC1=NOC(O)(C(F)(F)C(F)(F)C(F)(F)C(F)(F)Cl)C1. The lowest BCUT2D eigenvalue weighted by atomic mass is 9.93. The average Bonchev–Trinajstić information content (AvgIpc) is 2.58. The summed E-state index contributed by atoms with van der Waals surface area (Å²) in [5.74, 6) is -23.6. The Bertz CT molecular complexity index is 435. The quantitative estimate of drug-likeness (QED) is 0.633. The first kappa shape index (κ1) is 17.2. The smallest absolute Gasteiger partial charge is 0.353 e. The minimum Gasteiger partial charge on any atom is -0.353 e. The predicted octanol–water partition coefficient (Wildman–Crippen LogP) is 3.21. The molecule has 12 heteroatoms. The van der Waals surface area contributed by atoms with Gasteiger partial charge in [-0.05, 0) is 18.5 Å². The van der Waals surface area contributed by atoms with E-state index < -0.39 is 41.1 Å². The van der Waals surface area contributed by atoms with Gasteiger partial charge in [0.2, 0.25) is 0 Å². The normalized spacial score (nSPS) is 25.4. The second-order valence-corrected chi connectivity index (χ2v) is 4.57. The van der Waals surface area contributed by atoms with Crippen molar-refractivity contribution in [3.8, 4) is 0 Å². The van der Waals surface area contributed by atoms with Gasteiger partial charge in [-0.2, -0.15) is 35.1 Å². The van der Waals surface area contributed by atoms with E-state index in [9.17, 15) is 35.1 Å². The van der Waals surface area contributed by atoms with Crippen LogP contribution >= 0.6 is 11.6 Å². The Balaban J connectivity index is 3.27. The van der Waals surface area contributed by atoms with Crippen molar-refractivity contribution in [1.29, 1.82) is 0 Å². The van der Waals surface area contributed by atoms with Gasteiger partial charge in [0.1, 0.15) is 0 Å². The number of halogens is 9. The molecule has 0 spiro atoms. The third kappa shape index (κ3) is 2.10. The molecule has 118 valence electrons. The Morgan fingerprint density at radius 2 is 1.55 bits per heavy atom. The van der Waals surface area contributed by atoms with Crippen LogP contribution in [-0.2, 0) is 4.84 Å². The average molecular weight is 336 g/mol. The fourth-order valence-electron chi connectivity index (χ4n) is 1.35. The van der Waals surface area contributed by atoms with Crippen LogP contribution in [-0.4, -0.2) is 39.8 Å². The number of oxime groups is 1. The maximum atomic E-state index is 13.4. The molecule has 20 heavy (non-hydrogen) atoms. The molecule has 3 nitrogen and oxygen atoms in total. The van der Waals surface area contributed by atoms with Crippen molar-refractivity contribution in [3.63, 3.8) is 0 Å². The summed E-state index contributed by atoms with van der Waals surface area (Å²) in [4.78, 5) is 3.60. The van der Waals surface area contributed by atoms with Crippen LogP contribution in [0.3, 0.4) is 0 Å². The van der Waals surface area contributed by atoms with Crippen LogP contribution in [0.25, 0.3) is 0 Å². The Hall–Kier alpha value is -0.840. The molecule has 0 saturated carbocycles. The van der Waals surface area contributed by atoms with Crippen molar-refractivity contribution in [2.24, 2.45) is 5.16 Å². The van der Waals surface area contributed by atoms with Crippen molar-refractivity contribution in [2.75, 3.05) is 0 Å². The van der Waals surface area contributed by atoms with Gasteiger partial charge in [-0.25, -0.2) is 0 Å². The van der Waals surface area contributed by atoms with Crippen molar-refractivity contribution < 1.29 is 45.1 Å². The zero-order valence-electron chi connectivity index (χ0n) is 9.41. The second-order valence-electron chi connectivity index (χ2n) is 4.10. The van der Waals surface area contributed by atoms with Crippen LogP contribution in [0.4, 0.5) is 35.1 Å². The minimum atomic E-state index is -6.71. The molecule has 1 aliphatic heterocycles. The van der Waals surface area contributed by atoms with Gasteiger partial charge in [-0.3, -0.25) is 0 Å². The van der Waals surface area contributed by atoms with Crippen LogP contribution in [0.1, 0.15) is 13.3 Å². The molecule has 1 N–H and O–H groups in total. The summed E-state index contributed by atoms with van der Waals surface area (Å²) in [5, 5.41) is 5.89. The molecule has 0 fully saturated rings. The topological polar surface area (TPSA) is 41.8 Å². The van der Waals surface area contributed by atoms with Gasteiger partial charge in [0.25, 0.3) is 0 Å². The number of alkyl halides is 9. The molecule has 0 aliphatic carbocycles. The van der Waals surface area contributed by atoms with Gasteiger partial charge in [0.05, 0.1) is 12.1 Å². The van der Waals surface area contributed by atoms with Gasteiger partial charge in [-0.15, -0.1) is 0 Å². The summed E-state index contributed by atoms with van der Waals surface area (Å²) in [7, 11) is 0. The van der Waals surface area contributed by atoms with Gasteiger partial charge >= 0.3 is 28.9 Å². The summed E-state index contributed by atoms with van der Waals surface area (Å²) < 4.78 is 103. The highest BCUT2D eigenvalue weighted by Gasteiger charge is 2.86. The molecule has 1 heterocycles. The van der Waals surface area contributed by atoms with Crippen molar-refractivity contribution in [1.82, 2.24) is 0 Å². The summed E-state index contributed by atoms with van der Waals surface area (Å²) in [6.45, 7) is 0.959. The molecular formula is C8H6ClF8NO2. The number of hydrogen-bond acceptors (Lipinski definition) is 3. The molecule has 1 atom stereocenters. The highest BCUT2D eigenvalue weighted by Crippen LogP contribution is 2.58. The first-order valence-electron chi connectivity index (χ1n) is 4.74. The Labute approximate surface area is 111 Å². The second kappa shape index (κ2) is 4.33. The largest absolute Gasteiger partial charge is 0.393 e. The van der Waals surface area contributed by atoms with E-state index in [1.54, 1.807) is 0 Å². The summed E-state index contributed by atoms with van der Waals surface area (Å²) in [5.41, 5.74) is -0.427. The van der Waals surface area contributed by atoms with Gasteiger partial charge in [0.15, 0.2) is 0 Å². The Morgan fingerprint density at radius 1 is 1.10 bits per heavy atom.